The third-order valence-electron chi connectivity index (χ3n) is 4.97. The molecule has 2 heterocycles. The highest BCUT2D eigenvalue weighted by molar-refractivity contribution is 9.10. The highest BCUT2D eigenvalue weighted by Crippen LogP contribution is 2.49. The number of hydrogen-bond acceptors (Lipinski definition) is 3. The van der Waals surface area contributed by atoms with Gasteiger partial charge in [0.15, 0.2) is 5.75 Å². The van der Waals surface area contributed by atoms with Crippen LogP contribution in [0.15, 0.2) is 40.9 Å². The SMILES string of the molecule is O=C(N[C@@H]1CCCN2c3cc(Cl)c(Br)cc3Oc3ccccc3[C@@H]12)C(F)(F)F. The molecule has 2 aliphatic heterocycles. The molecule has 28 heavy (non-hydrogen) atoms. The molecule has 1 amide bonds. The second-order valence-electron chi connectivity index (χ2n) is 6.73. The zero-order valence-electron chi connectivity index (χ0n) is 14.4. The van der Waals surface area contributed by atoms with Gasteiger partial charge in [0.2, 0.25) is 0 Å². The van der Waals surface area contributed by atoms with Crippen molar-refractivity contribution in [2.75, 3.05) is 11.4 Å². The number of benzene rings is 2. The zero-order chi connectivity index (χ0) is 20.1. The number of nitrogens with one attached hydrogen (secondary N) is 1. The molecule has 0 radical (unpaired) electrons. The molecule has 2 aliphatic rings. The van der Waals surface area contributed by atoms with Crippen LogP contribution in [0.25, 0.3) is 0 Å². The van der Waals surface area contributed by atoms with E-state index in [0.29, 0.717) is 46.1 Å². The van der Waals surface area contributed by atoms with Gasteiger partial charge < -0.3 is 15.0 Å². The van der Waals surface area contributed by atoms with E-state index in [1.54, 1.807) is 30.3 Å². The molecule has 0 aliphatic carbocycles. The fourth-order valence-electron chi connectivity index (χ4n) is 3.81. The molecule has 1 fully saturated rings. The molecular weight excluding hydrogens is 461 g/mol. The average molecular weight is 476 g/mol. The molecule has 2 aromatic carbocycles. The fraction of sp³-hybridized carbons (Fsp3) is 0.316. The molecule has 2 aromatic rings. The standard InChI is InChI=1S/C19H15BrClF3N2O2/c20-11-8-16-14(9-12(11)21)26-7-3-5-13(25-18(27)19(22,23)24)17(26)10-4-1-2-6-15(10)28-16/h1-2,4,6,8-9,13,17H,3,5,7H2,(H,25,27)/t13-,17+/m1/s1. The Hall–Kier alpha value is -1.93. The zero-order valence-corrected chi connectivity index (χ0v) is 16.7. The van der Waals surface area contributed by atoms with Gasteiger partial charge in [0.25, 0.3) is 0 Å². The van der Waals surface area contributed by atoms with E-state index < -0.39 is 24.2 Å². The summed E-state index contributed by atoms with van der Waals surface area (Å²) in [5.41, 5.74) is 1.40. The molecule has 4 nitrogen and oxygen atoms in total. The van der Waals surface area contributed by atoms with Gasteiger partial charge in [-0.15, -0.1) is 0 Å². The molecule has 148 valence electrons. The van der Waals surface area contributed by atoms with Gasteiger partial charge in [0, 0.05) is 16.6 Å². The lowest BCUT2D eigenvalue weighted by Crippen LogP contribution is -2.52. The first-order chi connectivity index (χ1) is 13.3. The van der Waals surface area contributed by atoms with Crippen molar-refractivity contribution in [1.29, 1.82) is 0 Å². The highest BCUT2D eigenvalue weighted by Gasteiger charge is 2.44. The number of alkyl halides is 3. The number of amides is 1. The van der Waals surface area contributed by atoms with Gasteiger partial charge in [-0.3, -0.25) is 4.79 Å². The maximum absolute atomic E-state index is 12.9. The summed E-state index contributed by atoms with van der Waals surface area (Å²) in [5, 5.41) is 2.65. The van der Waals surface area contributed by atoms with Crippen molar-refractivity contribution < 1.29 is 22.7 Å². The number of para-hydroxylation sites is 1. The maximum atomic E-state index is 12.9. The largest absolute Gasteiger partial charge is 0.471 e. The number of carbonyl (C=O) groups is 1. The van der Waals surface area contributed by atoms with Crippen LogP contribution in [0.3, 0.4) is 0 Å². The number of fused-ring (bicyclic) bond motifs is 5. The summed E-state index contributed by atoms with van der Waals surface area (Å²) >= 11 is 9.66. The van der Waals surface area contributed by atoms with Gasteiger partial charge >= 0.3 is 12.1 Å². The van der Waals surface area contributed by atoms with Crippen molar-refractivity contribution in [1.82, 2.24) is 5.32 Å². The van der Waals surface area contributed by atoms with Gasteiger partial charge in [0.05, 0.1) is 22.8 Å². The summed E-state index contributed by atoms with van der Waals surface area (Å²) in [5.74, 6) is -0.844. The Labute approximate surface area is 172 Å². The molecule has 0 aromatic heterocycles. The van der Waals surface area contributed by atoms with E-state index in [4.69, 9.17) is 16.3 Å². The monoisotopic (exact) mass is 474 g/mol. The van der Waals surface area contributed by atoms with E-state index in [1.165, 1.54) is 0 Å². The Morgan fingerprint density at radius 3 is 2.75 bits per heavy atom. The van der Waals surface area contributed by atoms with Crippen molar-refractivity contribution >= 4 is 39.1 Å². The van der Waals surface area contributed by atoms with Crippen molar-refractivity contribution in [3.63, 3.8) is 0 Å². The summed E-state index contributed by atoms with van der Waals surface area (Å²) in [6, 6.07) is 9.43. The van der Waals surface area contributed by atoms with Crippen LogP contribution in [0.2, 0.25) is 5.02 Å². The topological polar surface area (TPSA) is 41.6 Å². The van der Waals surface area contributed by atoms with Crippen LogP contribution >= 0.6 is 27.5 Å². The minimum atomic E-state index is -4.94. The lowest BCUT2D eigenvalue weighted by molar-refractivity contribution is -0.174. The van der Waals surface area contributed by atoms with Crippen molar-refractivity contribution in [3.05, 3.63) is 51.5 Å². The van der Waals surface area contributed by atoms with Crippen LogP contribution in [-0.4, -0.2) is 24.7 Å². The Balaban J connectivity index is 1.83. The predicted octanol–water partition coefficient (Wildman–Crippen LogP) is 5.60. The second-order valence-corrected chi connectivity index (χ2v) is 7.99. The highest BCUT2D eigenvalue weighted by atomic mass is 79.9. The van der Waals surface area contributed by atoms with Crippen LogP contribution in [0.1, 0.15) is 24.4 Å². The Bertz CT molecular complexity index is 938. The van der Waals surface area contributed by atoms with E-state index in [0.717, 1.165) is 5.56 Å². The summed E-state index contributed by atoms with van der Waals surface area (Å²) < 4.78 is 45.3. The number of piperidine rings is 1. The van der Waals surface area contributed by atoms with Crippen LogP contribution < -0.4 is 15.0 Å². The molecule has 0 unspecified atom stereocenters. The van der Waals surface area contributed by atoms with E-state index >= 15 is 0 Å². The minimum Gasteiger partial charge on any atom is -0.455 e. The number of carbonyl (C=O) groups excluding carboxylic acids is 1. The Kier molecular flexibility index (Phi) is 4.95. The normalized spacial score (nSPS) is 21.0. The van der Waals surface area contributed by atoms with Crippen molar-refractivity contribution in [2.45, 2.75) is 31.1 Å². The van der Waals surface area contributed by atoms with Crippen LogP contribution in [0.5, 0.6) is 11.5 Å². The van der Waals surface area contributed by atoms with Crippen LogP contribution in [-0.2, 0) is 4.79 Å². The third kappa shape index (κ3) is 3.43. The molecule has 0 saturated carbocycles. The molecule has 2 atom stereocenters. The molecular formula is C19H15BrClF3N2O2. The number of anilines is 1. The third-order valence-corrected chi connectivity index (χ3v) is 6.17. The van der Waals surface area contributed by atoms with E-state index in [-0.39, 0.29) is 0 Å². The minimum absolute atomic E-state index is 0.427. The van der Waals surface area contributed by atoms with E-state index in [2.05, 4.69) is 21.2 Å². The number of rotatable bonds is 1. The predicted molar refractivity (Wildman–Crippen MR) is 103 cm³/mol. The maximum Gasteiger partial charge on any atom is 0.471 e. The van der Waals surface area contributed by atoms with Gasteiger partial charge in [-0.2, -0.15) is 13.2 Å². The molecule has 0 spiro atoms. The number of ether oxygens (including phenoxy) is 1. The number of nitrogens with zero attached hydrogens (tertiary/aromatic N) is 1. The summed E-state index contributed by atoms with van der Waals surface area (Å²) in [4.78, 5) is 13.6. The lowest BCUT2D eigenvalue weighted by Gasteiger charge is -2.42. The lowest BCUT2D eigenvalue weighted by atomic mass is 9.89. The Morgan fingerprint density at radius 1 is 1.25 bits per heavy atom. The Morgan fingerprint density at radius 2 is 2.00 bits per heavy atom. The molecule has 0 bridgehead atoms. The van der Waals surface area contributed by atoms with Gasteiger partial charge in [-0.05, 0) is 47.0 Å². The molecule has 9 heteroatoms. The summed E-state index contributed by atoms with van der Waals surface area (Å²) in [6.45, 7) is 0.603. The average Bonchev–Trinajstić information content (AvgIpc) is 2.77. The first kappa shape index (κ1) is 19.4. The second kappa shape index (κ2) is 7.15. The van der Waals surface area contributed by atoms with Gasteiger partial charge in [0.1, 0.15) is 5.75 Å². The van der Waals surface area contributed by atoms with E-state index in [9.17, 15) is 18.0 Å². The number of hydrogen-bond donors (Lipinski definition) is 1. The van der Waals surface area contributed by atoms with Crippen molar-refractivity contribution in [2.24, 2.45) is 0 Å². The van der Waals surface area contributed by atoms with Crippen LogP contribution in [0.4, 0.5) is 18.9 Å². The first-order valence-corrected chi connectivity index (χ1v) is 9.83. The van der Waals surface area contributed by atoms with Gasteiger partial charge in [-0.25, -0.2) is 0 Å². The molecule has 1 saturated heterocycles. The van der Waals surface area contributed by atoms with Crippen molar-refractivity contribution in [3.8, 4) is 11.5 Å². The van der Waals surface area contributed by atoms with Crippen LogP contribution in [0, 0.1) is 0 Å². The molecule has 4 rings (SSSR count). The first-order valence-electron chi connectivity index (χ1n) is 8.66. The van der Waals surface area contributed by atoms with E-state index in [1.807, 2.05) is 11.0 Å². The van der Waals surface area contributed by atoms with Gasteiger partial charge in [-0.1, -0.05) is 29.8 Å². The quantitative estimate of drug-likeness (QED) is 0.584. The molecule has 1 N–H and O–H groups in total. The summed E-state index contributed by atoms with van der Waals surface area (Å²) in [6.07, 6.45) is -3.89. The summed E-state index contributed by atoms with van der Waals surface area (Å²) in [7, 11) is 0. The smallest absolute Gasteiger partial charge is 0.455 e. The fourth-order valence-corrected chi connectivity index (χ4v) is 4.29. The number of halogens is 5.